The largest absolute Gasteiger partial charge is 0.241 e. The van der Waals surface area contributed by atoms with Gasteiger partial charge in [0.15, 0.2) is 0 Å². The van der Waals surface area contributed by atoms with Gasteiger partial charge in [-0.3, -0.25) is 0 Å². The lowest BCUT2D eigenvalue weighted by molar-refractivity contribution is 0.630. The van der Waals surface area contributed by atoms with Crippen LogP contribution in [-0.4, -0.2) is 4.98 Å². The molecule has 1 nitrogen and oxygen atoms in total. The molecule has 1 heterocycles. The van der Waals surface area contributed by atoms with Crippen LogP contribution in [0.1, 0.15) is 12.6 Å². The molecule has 0 fully saturated rings. The van der Waals surface area contributed by atoms with Crippen molar-refractivity contribution in [3.63, 3.8) is 0 Å². The molecule has 0 radical (unpaired) electrons. The van der Waals surface area contributed by atoms with Crippen LogP contribution in [0.4, 0.5) is 4.39 Å². The highest BCUT2D eigenvalue weighted by atomic mass is 79.9. The van der Waals surface area contributed by atoms with Crippen molar-refractivity contribution in [2.75, 3.05) is 0 Å². The average Bonchev–Trinajstić information content (AvgIpc) is 2.66. The van der Waals surface area contributed by atoms with Crippen LogP contribution < -0.4 is 0 Å². The van der Waals surface area contributed by atoms with E-state index in [4.69, 9.17) is 0 Å². The average molecular weight is 286 g/mol. The van der Waals surface area contributed by atoms with E-state index in [1.807, 2.05) is 18.4 Å². The van der Waals surface area contributed by atoms with Gasteiger partial charge in [0.25, 0.3) is 0 Å². The van der Waals surface area contributed by atoms with Gasteiger partial charge >= 0.3 is 0 Å². The van der Waals surface area contributed by atoms with Crippen molar-refractivity contribution in [2.24, 2.45) is 0 Å². The Kier molecular flexibility index (Phi) is 3.17. The first-order valence-electron chi connectivity index (χ1n) is 4.61. The van der Waals surface area contributed by atoms with Crippen LogP contribution >= 0.6 is 27.3 Å². The van der Waals surface area contributed by atoms with Crippen LogP contribution in [0.15, 0.2) is 28.1 Å². The number of aryl methyl sites for hydroxylation is 1. The van der Waals surface area contributed by atoms with Gasteiger partial charge in [-0.2, -0.15) is 0 Å². The van der Waals surface area contributed by atoms with Crippen molar-refractivity contribution < 1.29 is 4.39 Å². The number of hydrogen-bond donors (Lipinski definition) is 0. The quantitative estimate of drug-likeness (QED) is 0.803. The summed E-state index contributed by atoms with van der Waals surface area (Å²) in [5, 5.41) is 2.70. The van der Waals surface area contributed by atoms with Gasteiger partial charge in [-0.25, -0.2) is 9.37 Å². The molecule has 15 heavy (non-hydrogen) atoms. The second kappa shape index (κ2) is 4.41. The minimum atomic E-state index is -0.235. The lowest BCUT2D eigenvalue weighted by Gasteiger charge is -2.01. The molecule has 0 aliphatic heterocycles. The third kappa shape index (κ3) is 2.11. The van der Waals surface area contributed by atoms with Crippen LogP contribution in [0.3, 0.4) is 0 Å². The maximum absolute atomic E-state index is 13.6. The fraction of sp³-hybridized carbons (Fsp3) is 0.182. The summed E-state index contributed by atoms with van der Waals surface area (Å²) in [7, 11) is 0. The van der Waals surface area contributed by atoms with E-state index in [2.05, 4.69) is 20.9 Å². The molecule has 2 aromatic rings. The highest BCUT2D eigenvalue weighted by molar-refractivity contribution is 9.10. The third-order valence-corrected chi connectivity index (χ3v) is 3.66. The number of thiazole rings is 1. The third-order valence-electron chi connectivity index (χ3n) is 2.09. The lowest BCUT2D eigenvalue weighted by Crippen LogP contribution is -1.86. The maximum Gasteiger partial charge on any atom is 0.134 e. The van der Waals surface area contributed by atoms with E-state index in [9.17, 15) is 4.39 Å². The summed E-state index contributed by atoms with van der Waals surface area (Å²) in [6, 6.07) is 4.95. The first-order valence-corrected chi connectivity index (χ1v) is 6.28. The zero-order valence-electron chi connectivity index (χ0n) is 8.13. The Labute approximate surface area is 100 Å². The van der Waals surface area contributed by atoms with Crippen molar-refractivity contribution in [2.45, 2.75) is 13.3 Å². The molecule has 1 aromatic carbocycles. The number of halogens is 2. The van der Waals surface area contributed by atoms with Crippen LogP contribution in [0.2, 0.25) is 0 Å². The van der Waals surface area contributed by atoms with Gasteiger partial charge in [0.1, 0.15) is 10.8 Å². The molecule has 0 aliphatic rings. The summed E-state index contributed by atoms with van der Waals surface area (Å²) in [4.78, 5) is 4.37. The first kappa shape index (κ1) is 10.8. The molecule has 0 spiro atoms. The molecule has 0 bridgehead atoms. The molecule has 0 saturated carbocycles. The monoisotopic (exact) mass is 285 g/mol. The van der Waals surface area contributed by atoms with E-state index in [-0.39, 0.29) is 5.82 Å². The van der Waals surface area contributed by atoms with E-state index in [1.54, 1.807) is 6.07 Å². The SMILES string of the molecule is CCc1csc(-c2c(F)cccc2Br)n1. The van der Waals surface area contributed by atoms with Crippen molar-refractivity contribution in [3.8, 4) is 10.6 Å². The van der Waals surface area contributed by atoms with Gasteiger partial charge in [-0.05, 0) is 34.5 Å². The Bertz CT molecular complexity index is 461. The molecule has 0 atom stereocenters. The number of hydrogen-bond acceptors (Lipinski definition) is 2. The van der Waals surface area contributed by atoms with Gasteiger partial charge in [0.05, 0.1) is 11.3 Å². The topological polar surface area (TPSA) is 12.9 Å². The van der Waals surface area contributed by atoms with E-state index in [0.29, 0.717) is 5.56 Å². The molecule has 0 unspecified atom stereocenters. The maximum atomic E-state index is 13.6. The summed E-state index contributed by atoms with van der Waals surface area (Å²) in [5.74, 6) is -0.235. The molecule has 2 rings (SSSR count). The van der Waals surface area contributed by atoms with Crippen molar-refractivity contribution >= 4 is 27.3 Å². The molecule has 4 heteroatoms. The van der Waals surface area contributed by atoms with Crippen molar-refractivity contribution in [1.82, 2.24) is 4.98 Å². The van der Waals surface area contributed by atoms with Gasteiger partial charge in [0.2, 0.25) is 0 Å². The zero-order chi connectivity index (χ0) is 10.8. The van der Waals surface area contributed by atoms with E-state index >= 15 is 0 Å². The Hall–Kier alpha value is -0.740. The number of benzene rings is 1. The number of aromatic nitrogens is 1. The van der Waals surface area contributed by atoms with Gasteiger partial charge in [-0.15, -0.1) is 11.3 Å². The molecular formula is C11H9BrFNS. The lowest BCUT2D eigenvalue weighted by atomic mass is 10.2. The minimum absolute atomic E-state index is 0.235. The Morgan fingerprint density at radius 2 is 2.27 bits per heavy atom. The Morgan fingerprint density at radius 1 is 1.47 bits per heavy atom. The van der Waals surface area contributed by atoms with Gasteiger partial charge < -0.3 is 0 Å². The minimum Gasteiger partial charge on any atom is -0.241 e. The fourth-order valence-corrected chi connectivity index (χ4v) is 2.91. The predicted molar refractivity (Wildman–Crippen MR) is 64.6 cm³/mol. The second-order valence-corrected chi connectivity index (χ2v) is 4.81. The molecule has 1 aromatic heterocycles. The van der Waals surface area contributed by atoms with Gasteiger partial charge in [0, 0.05) is 9.85 Å². The van der Waals surface area contributed by atoms with Crippen LogP contribution in [0.5, 0.6) is 0 Å². The van der Waals surface area contributed by atoms with Crippen molar-refractivity contribution in [3.05, 3.63) is 39.6 Å². The smallest absolute Gasteiger partial charge is 0.134 e. The zero-order valence-corrected chi connectivity index (χ0v) is 10.5. The Balaban J connectivity index is 2.53. The Morgan fingerprint density at radius 3 is 2.87 bits per heavy atom. The summed E-state index contributed by atoms with van der Waals surface area (Å²) < 4.78 is 14.3. The molecule has 0 saturated heterocycles. The van der Waals surface area contributed by atoms with Crippen LogP contribution in [0.25, 0.3) is 10.6 Å². The van der Waals surface area contributed by atoms with Crippen LogP contribution in [0, 0.1) is 5.82 Å². The number of nitrogens with zero attached hydrogens (tertiary/aromatic N) is 1. The summed E-state index contributed by atoms with van der Waals surface area (Å²) in [5.41, 5.74) is 1.56. The standard InChI is InChI=1S/C11H9BrFNS/c1-2-7-6-15-11(14-7)10-8(12)4-3-5-9(10)13/h3-6H,2H2,1H3. The summed E-state index contributed by atoms with van der Waals surface area (Å²) in [6.07, 6.45) is 0.878. The number of rotatable bonds is 2. The summed E-state index contributed by atoms with van der Waals surface area (Å²) >= 11 is 4.82. The highest BCUT2D eigenvalue weighted by Crippen LogP contribution is 2.32. The van der Waals surface area contributed by atoms with E-state index in [1.165, 1.54) is 17.4 Å². The normalized spacial score (nSPS) is 10.6. The molecule has 78 valence electrons. The first-order chi connectivity index (χ1) is 7.22. The predicted octanol–water partition coefficient (Wildman–Crippen LogP) is 4.27. The summed E-state index contributed by atoms with van der Waals surface area (Å²) in [6.45, 7) is 2.04. The van der Waals surface area contributed by atoms with E-state index in [0.717, 1.165) is 21.6 Å². The molecule has 0 aliphatic carbocycles. The van der Waals surface area contributed by atoms with E-state index < -0.39 is 0 Å². The molecule has 0 amide bonds. The van der Waals surface area contributed by atoms with Crippen molar-refractivity contribution in [1.29, 1.82) is 0 Å². The van der Waals surface area contributed by atoms with Gasteiger partial charge in [-0.1, -0.05) is 13.0 Å². The highest BCUT2D eigenvalue weighted by Gasteiger charge is 2.12. The van der Waals surface area contributed by atoms with Crippen LogP contribution in [-0.2, 0) is 6.42 Å². The molecule has 0 N–H and O–H groups in total. The molecular weight excluding hydrogens is 277 g/mol. The second-order valence-electron chi connectivity index (χ2n) is 3.09. The fourth-order valence-electron chi connectivity index (χ4n) is 1.29.